The molecular formula is C24H54N4O4. The van der Waals surface area contributed by atoms with Crippen molar-refractivity contribution in [2.75, 3.05) is 34.8 Å². The van der Waals surface area contributed by atoms with Crippen LogP contribution in [0, 0.1) is 11.8 Å². The van der Waals surface area contributed by atoms with E-state index < -0.39 is 0 Å². The van der Waals surface area contributed by atoms with Gasteiger partial charge in [0.25, 0.3) is 0 Å². The molecule has 0 aromatic rings. The summed E-state index contributed by atoms with van der Waals surface area (Å²) >= 11 is 0. The maximum absolute atomic E-state index is 11.9. The average molecular weight is 463 g/mol. The van der Waals surface area contributed by atoms with Gasteiger partial charge in [0.15, 0.2) is 0 Å². The zero-order chi connectivity index (χ0) is 26.3. The second-order valence-corrected chi connectivity index (χ2v) is 8.35. The van der Waals surface area contributed by atoms with E-state index in [1.807, 2.05) is 6.92 Å². The first kappa shape index (κ1) is 37.6. The van der Waals surface area contributed by atoms with Crippen molar-refractivity contribution in [1.29, 1.82) is 0 Å². The summed E-state index contributed by atoms with van der Waals surface area (Å²) in [6.07, 6.45) is 3.88. The van der Waals surface area contributed by atoms with Crippen molar-refractivity contribution in [3.8, 4) is 0 Å². The molecule has 194 valence electrons. The third-order valence-electron chi connectivity index (χ3n) is 5.27. The molecule has 32 heavy (non-hydrogen) atoms. The number of likely N-dealkylation sites (N-methyl/N-ethyl adjacent to an activating group) is 1. The fourth-order valence-corrected chi connectivity index (χ4v) is 2.80. The van der Waals surface area contributed by atoms with Gasteiger partial charge in [-0.25, -0.2) is 0 Å². The Hall–Kier alpha value is -1.67. The predicted octanol–water partition coefficient (Wildman–Crippen LogP) is 3.14. The van der Waals surface area contributed by atoms with Crippen LogP contribution in [-0.4, -0.2) is 81.5 Å². The highest BCUT2D eigenvalue weighted by Gasteiger charge is 2.31. The van der Waals surface area contributed by atoms with Crippen LogP contribution in [0.2, 0.25) is 0 Å². The van der Waals surface area contributed by atoms with Crippen LogP contribution in [0.5, 0.6) is 0 Å². The summed E-state index contributed by atoms with van der Waals surface area (Å²) < 4.78 is 5.48. The minimum atomic E-state index is -0.0945. The van der Waals surface area contributed by atoms with Crippen molar-refractivity contribution < 1.29 is 19.1 Å². The SMILES string of the molecule is CC(C)C(C)N(C)C.CCC.CC[C@H](C)C([C@@H](CC)OC)N(C)C(=O)CNC=O.NC=O. The Morgan fingerprint density at radius 3 is 1.66 bits per heavy atom. The maximum Gasteiger partial charge on any atom is 0.242 e. The first-order valence-electron chi connectivity index (χ1n) is 11.7. The van der Waals surface area contributed by atoms with Gasteiger partial charge in [0.1, 0.15) is 0 Å². The fraction of sp³-hybridized carbons (Fsp3) is 0.875. The van der Waals surface area contributed by atoms with Crippen LogP contribution in [0.15, 0.2) is 0 Å². The molecule has 2 unspecified atom stereocenters. The number of primary amides is 1. The number of hydrogen-bond donors (Lipinski definition) is 2. The van der Waals surface area contributed by atoms with Crippen LogP contribution < -0.4 is 11.1 Å². The number of rotatable bonds is 11. The van der Waals surface area contributed by atoms with E-state index in [9.17, 15) is 9.59 Å². The van der Waals surface area contributed by atoms with Crippen LogP contribution in [-0.2, 0) is 19.1 Å². The standard InChI is InChI=1S/C13H26N2O3.C7H17N.C3H8.CH3NO/c1-6-10(3)13(11(7-2)18-5)15(4)12(17)8-14-9-16;1-6(2)7(3)8(4)5;1-3-2;2-1-3/h9-11,13H,6-8H2,1-5H3,(H,14,16);6-7H,1-5H3;3H2,1-2H3;1H,(H2,2,3)/t10-,11+,13?;;;/m0.../s1. The van der Waals surface area contributed by atoms with Gasteiger partial charge in [0.2, 0.25) is 18.7 Å². The first-order valence-corrected chi connectivity index (χ1v) is 11.7. The van der Waals surface area contributed by atoms with Gasteiger partial charge >= 0.3 is 0 Å². The van der Waals surface area contributed by atoms with Crippen LogP contribution in [0.3, 0.4) is 0 Å². The molecule has 0 aliphatic rings. The van der Waals surface area contributed by atoms with Gasteiger partial charge in [0, 0.05) is 20.2 Å². The largest absolute Gasteiger partial charge is 0.379 e. The summed E-state index contributed by atoms with van der Waals surface area (Å²) in [7, 11) is 7.67. The van der Waals surface area contributed by atoms with E-state index in [0.29, 0.717) is 18.4 Å². The Labute approximate surface area is 198 Å². The number of nitrogens with one attached hydrogen (secondary N) is 1. The summed E-state index contributed by atoms with van der Waals surface area (Å²) in [6.45, 7) is 17.3. The minimum absolute atomic E-state index is 0.0186. The Morgan fingerprint density at radius 1 is 1.00 bits per heavy atom. The second-order valence-electron chi connectivity index (χ2n) is 8.35. The number of nitrogens with zero attached hydrogens (tertiary/aromatic N) is 2. The summed E-state index contributed by atoms with van der Waals surface area (Å²) in [5, 5.41) is 2.40. The lowest BCUT2D eigenvalue weighted by Crippen LogP contribution is -2.51. The van der Waals surface area contributed by atoms with E-state index >= 15 is 0 Å². The molecule has 0 bridgehead atoms. The lowest BCUT2D eigenvalue weighted by Gasteiger charge is -2.37. The van der Waals surface area contributed by atoms with Crippen molar-refractivity contribution in [3.05, 3.63) is 0 Å². The zero-order valence-electron chi connectivity index (χ0n) is 23.0. The molecule has 0 heterocycles. The Kier molecular flexibility index (Phi) is 30.1. The molecule has 0 saturated heterocycles. The van der Waals surface area contributed by atoms with E-state index in [-0.39, 0.29) is 31.0 Å². The average Bonchev–Trinajstić information content (AvgIpc) is 2.75. The van der Waals surface area contributed by atoms with Gasteiger partial charge in [-0.2, -0.15) is 0 Å². The van der Waals surface area contributed by atoms with E-state index in [2.05, 4.69) is 78.5 Å². The number of carbonyl (C=O) groups is 3. The van der Waals surface area contributed by atoms with Crippen molar-refractivity contribution in [2.45, 2.75) is 92.8 Å². The van der Waals surface area contributed by atoms with Crippen LogP contribution in [0.1, 0.15) is 74.7 Å². The van der Waals surface area contributed by atoms with Gasteiger partial charge in [0.05, 0.1) is 18.7 Å². The summed E-state index contributed by atoms with van der Waals surface area (Å²) in [5.74, 6) is 1.02. The van der Waals surface area contributed by atoms with E-state index in [0.717, 1.165) is 18.8 Å². The van der Waals surface area contributed by atoms with Crippen molar-refractivity contribution >= 4 is 18.7 Å². The topological polar surface area (TPSA) is 105 Å². The molecule has 3 amide bonds. The lowest BCUT2D eigenvalue weighted by molar-refractivity contribution is -0.136. The summed E-state index contributed by atoms with van der Waals surface area (Å²) in [5.41, 5.74) is 4.17. The number of ether oxygens (including phenoxy) is 1. The normalized spacial score (nSPS) is 13.6. The molecule has 0 rings (SSSR count). The molecular weight excluding hydrogens is 408 g/mol. The Bertz CT molecular complexity index is 422. The predicted molar refractivity (Wildman–Crippen MR) is 135 cm³/mol. The smallest absolute Gasteiger partial charge is 0.242 e. The Balaban J connectivity index is -0.000000230. The Morgan fingerprint density at radius 2 is 1.44 bits per heavy atom. The number of nitrogens with two attached hydrogens (primary N) is 1. The molecule has 0 aliphatic heterocycles. The van der Waals surface area contributed by atoms with Crippen LogP contribution in [0.4, 0.5) is 0 Å². The monoisotopic (exact) mass is 462 g/mol. The van der Waals surface area contributed by atoms with E-state index in [1.165, 1.54) is 6.42 Å². The van der Waals surface area contributed by atoms with Crippen LogP contribution in [0.25, 0.3) is 0 Å². The van der Waals surface area contributed by atoms with Gasteiger partial charge in [-0.05, 0) is 39.3 Å². The highest BCUT2D eigenvalue weighted by atomic mass is 16.5. The molecule has 3 N–H and O–H groups in total. The lowest BCUT2D eigenvalue weighted by atomic mass is 9.91. The van der Waals surface area contributed by atoms with Gasteiger partial charge < -0.3 is 25.6 Å². The van der Waals surface area contributed by atoms with Gasteiger partial charge in [-0.1, -0.05) is 61.3 Å². The molecule has 0 spiro atoms. The number of methoxy groups -OCH3 is 1. The second kappa shape index (κ2) is 25.6. The summed E-state index contributed by atoms with van der Waals surface area (Å²) in [4.78, 5) is 34.7. The fourth-order valence-electron chi connectivity index (χ4n) is 2.80. The molecule has 0 fully saturated rings. The molecule has 0 aromatic carbocycles. The number of hydrogen-bond acceptors (Lipinski definition) is 5. The molecule has 4 atom stereocenters. The molecule has 0 saturated carbocycles. The van der Waals surface area contributed by atoms with Gasteiger partial charge in [-0.3, -0.25) is 14.4 Å². The third kappa shape index (κ3) is 20.2. The quantitative estimate of drug-likeness (QED) is 0.459. The van der Waals surface area contributed by atoms with E-state index in [4.69, 9.17) is 9.53 Å². The first-order chi connectivity index (χ1) is 14.9. The van der Waals surface area contributed by atoms with Crippen molar-refractivity contribution in [3.63, 3.8) is 0 Å². The van der Waals surface area contributed by atoms with Gasteiger partial charge in [-0.15, -0.1) is 0 Å². The highest BCUT2D eigenvalue weighted by molar-refractivity contribution is 5.80. The molecule has 0 aliphatic carbocycles. The molecule has 0 aromatic heterocycles. The number of amides is 3. The highest BCUT2D eigenvalue weighted by Crippen LogP contribution is 2.21. The van der Waals surface area contributed by atoms with E-state index in [1.54, 1.807) is 19.1 Å². The zero-order valence-corrected chi connectivity index (χ0v) is 23.0. The minimum Gasteiger partial charge on any atom is -0.379 e. The number of carbonyl (C=O) groups excluding carboxylic acids is 3. The van der Waals surface area contributed by atoms with Crippen molar-refractivity contribution in [2.24, 2.45) is 17.6 Å². The van der Waals surface area contributed by atoms with Crippen molar-refractivity contribution in [1.82, 2.24) is 15.1 Å². The molecule has 8 heteroatoms. The maximum atomic E-state index is 11.9. The molecule has 0 radical (unpaired) electrons. The third-order valence-corrected chi connectivity index (χ3v) is 5.27. The summed E-state index contributed by atoms with van der Waals surface area (Å²) in [6, 6.07) is 0.737. The molecule has 8 nitrogen and oxygen atoms in total. The van der Waals surface area contributed by atoms with Crippen LogP contribution >= 0.6 is 0 Å².